The fraction of sp³-hybridized carbons (Fsp3) is 0.368. The Morgan fingerprint density at radius 1 is 1.38 bits per heavy atom. The van der Waals surface area contributed by atoms with Gasteiger partial charge < -0.3 is 14.8 Å². The van der Waals surface area contributed by atoms with Crippen molar-refractivity contribution in [3.63, 3.8) is 0 Å². The second-order valence-corrected chi connectivity index (χ2v) is 8.68. The first-order valence-corrected chi connectivity index (χ1v) is 10.4. The van der Waals surface area contributed by atoms with E-state index >= 15 is 0 Å². The van der Waals surface area contributed by atoms with E-state index in [1.807, 2.05) is 0 Å². The minimum atomic E-state index is -3.59. The lowest BCUT2D eigenvalue weighted by molar-refractivity contribution is 0.102. The second kappa shape index (κ2) is 9.55. The third kappa shape index (κ3) is 5.46. The van der Waals surface area contributed by atoms with E-state index in [9.17, 15) is 17.6 Å². The summed E-state index contributed by atoms with van der Waals surface area (Å²) in [6.07, 6.45) is 1.68. The average molecular weight is 443 g/mol. The molecule has 10 heteroatoms. The number of hydrogen-bond acceptors (Lipinski definition) is 6. The predicted octanol–water partition coefficient (Wildman–Crippen LogP) is 2.71. The molecule has 2 heterocycles. The number of nitrogens with zero attached hydrogens (tertiary/aromatic N) is 1. The summed E-state index contributed by atoms with van der Waals surface area (Å²) in [5, 5.41) is 2.57. The predicted molar refractivity (Wildman–Crippen MR) is 111 cm³/mol. The Balaban J connectivity index is 0.00000300. The SMILES string of the molecule is COc1ccc(S(=O)(=O)C[C@H]2CCOC2)cc1C(=O)Nc1ncc(F)cc1C.S. The fourth-order valence-electron chi connectivity index (χ4n) is 3.03. The highest BCUT2D eigenvalue weighted by molar-refractivity contribution is 7.91. The highest BCUT2D eigenvalue weighted by Gasteiger charge is 2.26. The zero-order valence-electron chi connectivity index (χ0n) is 16.1. The minimum Gasteiger partial charge on any atom is -0.496 e. The van der Waals surface area contributed by atoms with Crippen molar-refractivity contribution >= 4 is 35.1 Å². The largest absolute Gasteiger partial charge is 0.496 e. The molecule has 1 aromatic heterocycles. The molecule has 1 N–H and O–H groups in total. The molecule has 0 aliphatic carbocycles. The van der Waals surface area contributed by atoms with Crippen molar-refractivity contribution in [2.45, 2.75) is 18.2 Å². The van der Waals surface area contributed by atoms with Crippen LogP contribution >= 0.6 is 13.5 Å². The third-order valence-corrected chi connectivity index (χ3v) is 6.41. The van der Waals surface area contributed by atoms with Crippen LogP contribution in [0.3, 0.4) is 0 Å². The molecule has 3 rings (SSSR count). The summed E-state index contributed by atoms with van der Waals surface area (Å²) >= 11 is 0. The summed E-state index contributed by atoms with van der Waals surface area (Å²) in [5.74, 6) is -0.808. The van der Waals surface area contributed by atoms with Crippen LogP contribution in [0, 0.1) is 18.7 Å². The van der Waals surface area contributed by atoms with Gasteiger partial charge in [-0.05, 0) is 49.1 Å². The monoisotopic (exact) mass is 442 g/mol. The number of amides is 1. The molecule has 0 saturated carbocycles. The smallest absolute Gasteiger partial charge is 0.260 e. The van der Waals surface area contributed by atoms with Gasteiger partial charge in [0.05, 0.1) is 36.1 Å². The first-order chi connectivity index (χ1) is 13.3. The molecule has 1 aliphatic heterocycles. The summed E-state index contributed by atoms with van der Waals surface area (Å²) in [6, 6.07) is 5.39. The summed E-state index contributed by atoms with van der Waals surface area (Å²) < 4.78 is 49.1. The van der Waals surface area contributed by atoms with Crippen molar-refractivity contribution in [3.05, 3.63) is 47.4 Å². The van der Waals surface area contributed by atoms with Gasteiger partial charge in [0.1, 0.15) is 17.4 Å². The number of benzene rings is 1. The molecule has 0 bridgehead atoms. The lowest BCUT2D eigenvalue weighted by Crippen LogP contribution is -2.19. The number of rotatable bonds is 6. The minimum absolute atomic E-state index is 0. The second-order valence-electron chi connectivity index (χ2n) is 6.65. The van der Waals surface area contributed by atoms with Gasteiger partial charge in [-0.15, -0.1) is 0 Å². The van der Waals surface area contributed by atoms with Crippen molar-refractivity contribution < 1.29 is 27.1 Å². The molecule has 0 radical (unpaired) electrons. The van der Waals surface area contributed by atoms with Crippen LogP contribution in [0.2, 0.25) is 0 Å². The maximum atomic E-state index is 13.2. The number of methoxy groups -OCH3 is 1. The number of nitrogens with one attached hydrogen (secondary N) is 1. The zero-order valence-corrected chi connectivity index (χ0v) is 17.9. The van der Waals surface area contributed by atoms with Crippen LogP contribution in [-0.4, -0.2) is 45.4 Å². The van der Waals surface area contributed by atoms with Crippen molar-refractivity contribution in [1.82, 2.24) is 4.98 Å². The van der Waals surface area contributed by atoms with Crippen LogP contribution in [0.15, 0.2) is 35.4 Å². The number of sulfone groups is 1. The van der Waals surface area contributed by atoms with E-state index in [0.717, 1.165) is 6.20 Å². The Hall–Kier alpha value is -2.17. The van der Waals surface area contributed by atoms with E-state index in [4.69, 9.17) is 9.47 Å². The summed E-state index contributed by atoms with van der Waals surface area (Å²) in [5.41, 5.74) is 0.495. The third-order valence-electron chi connectivity index (χ3n) is 4.53. The molecule has 29 heavy (non-hydrogen) atoms. The fourth-order valence-corrected chi connectivity index (χ4v) is 4.67. The van der Waals surface area contributed by atoms with Gasteiger partial charge in [0, 0.05) is 6.61 Å². The molecular formula is C19H23FN2O5S2. The Morgan fingerprint density at radius 2 is 2.14 bits per heavy atom. The maximum Gasteiger partial charge on any atom is 0.260 e. The molecule has 0 spiro atoms. The van der Waals surface area contributed by atoms with Gasteiger partial charge in [-0.2, -0.15) is 13.5 Å². The molecule has 1 aromatic carbocycles. The summed E-state index contributed by atoms with van der Waals surface area (Å²) in [6.45, 7) is 2.58. The Kier molecular flexibility index (Phi) is 7.61. The molecule has 2 aromatic rings. The van der Waals surface area contributed by atoms with Gasteiger partial charge >= 0.3 is 0 Å². The Labute approximate surface area is 176 Å². The van der Waals surface area contributed by atoms with E-state index in [-0.39, 0.29) is 47.2 Å². The number of carbonyl (C=O) groups is 1. The number of ether oxygens (including phenoxy) is 2. The maximum absolute atomic E-state index is 13.2. The van der Waals surface area contributed by atoms with Crippen molar-refractivity contribution in [3.8, 4) is 5.75 Å². The number of aryl methyl sites for hydroxylation is 1. The Morgan fingerprint density at radius 3 is 2.76 bits per heavy atom. The average Bonchev–Trinajstić information content (AvgIpc) is 3.15. The topological polar surface area (TPSA) is 94.6 Å². The van der Waals surface area contributed by atoms with Crippen LogP contribution in [0.5, 0.6) is 5.75 Å². The Bertz CT molecular complexity index is 992. The van der Waals surface area contributed by atoms with E-state index in [1.54, 1.807) is 6.92 Å². The van der Waals surface area contributed by atoms with Crippen molar-refractivity contribution in [1.29, 1.82) is 0 Å². The standard InChI is InChI=1S/C19H21FN2O5S.H2S/c1-12-7-14(20)9-21-18(12)22-19(23)16-8-15(3-4-17(16)26-2)28(24,25)11-13-5-6-27-10-13;/h3-4,7-9,13H,5-6,10-11H2,1-2H3,(H,21,22,23);1H2/t13-;/m0./s1. The number of anilines is 1. The number of aromatic nitrogens is 1. The number of halogens is 1. The van der Waals surface area contributed by atoms with Gasteiger partial charge in [-0.25, -0.2) is 17.8 Å². The van der Waals surface area contributed by atoms with Crippen molar-refractivity contribution in [2.24, 2.45) is 5.92 Å². The molecule has 1 atom stereocenters. The van der Waals surface area contributed by atoms with Crippen LogP contribution < -0.4 is 10.1 Å². The first-order valence-electron chi connectivity index (χ1n) is 8.72. The number of pyridine rings is 1. The van der Waals surface area contributed by atoms with E-state index in [2.05, 4.69) is 10.3 Å². The van der Waals surface area contributed by atoms with Gasteiger partial charge in [0.25, 0.3) is 5.91 Å². The highest BCUT2D eigenvalue weighted by atomic mass is 32.2. The van der Waals surface area contributed by atoms with E-state index in [1.165, 1.54) is 31.4 Å². The van der Waals surface area contributed by atoms with Crippen molar-refractivity contribution in [2.75, 3.05) is 31.4 Å². The lowest BCUT2D eigenvalue weighted by Gasteiger charge is -2.13. The van der Waals surface area contributed by atoms with Crippen LogP contribution in [0.4, 0.5) is 10.2 Å². The van der Waals surface area contributed by atoms with Gasteiger partial charge in [-0.1, -0.05) is 0 Å². The molecular weight excluding hydrogens is 419 g/mol. The zero-order chi connectivity index (χ0) is 20.3. The van der Waals surface area contributed by atoms with Gasteiger partial charge in [-0.3, -0.25) is 4.79 Å². The normalized spacial score (nSPS) is 16.2. The quantitative estimate of drug-likeness (QED) is 0.739. The molecule has 1 fully saturated rings. The van der Waals surface area contributed by atoms with E-state index < -0.39 is 21.6 Å². The lowest BCUT2D eigenvalue weighted by atomic mass is 10.1. The van der Waals surface area contributed by atoms with Crippen LogP contribution in [0.1, 0.15) is 22.3 Å². The number of hydrogen-bond donors (Lipinski definition) is 1. The molecule has 7 nitrogen and oxygen atoms in total. The summed E-state index contributed by atoms with van der Waals surface area (Å²) in [4.78, 5) is 16.6. The van der Waals surface area contributed by atoms with Crippen LogP contribution in [-0.2, 0) is 14.6 Å². The van der Waals surface area contributed by atoms with Gasteiger partial charge in [0.2, 0.25) is 0 Å². The number of carbonyl (C=O) groups excluding carboxylic acids is 1. The molecule has 1 amide bonds. The van der Waals surface area contributed by atoms with Crippen LogP contribution in [0.25, 0.3) is 0 Å². The van der Waals surface area contributed by atoms with Gasteiger partial charge in [0.15, 0.2) is 9.84 Å². The van der Waals surface area contributed by atoms with E-state index in [0.29, 0.717) is 25.2 Å². The molecule has 0 unspecified atom stereocenters. The molecule has 158 valence electrons. The highest BCUT2D eigenvalue weighted by Crippen LogP contribution is 2.26. The summed E-state index contributed by atoms with van der Waals surface area (Å²) in [7, 11) is -2.21. The first kappa shape index (κ1) is 23.1. The molecule has 1 saturated heterocycles. The molecule has 1 aliphatic rings.